The molecule has 0 amide bonds. The van der Waals surface area contributed by atoms with Crippen LogP contribution in [0, 0.1) is 24.4 Å². The van der Waals surface area contributed by atoms with E-state index in [0.29, 0.717) is 6.07 Å². The van der Waals surface area contributed by atoms with Crippen molar-refractivity contribution in [3.05, 3.63) is 65.0 Å². The van der Waals surface area contributed by atoms with Crippen LogP contribution in [0.1, 0.15) is 24.1 Å². The van der Waals surface area contributed by atoms with Crippen molar-refractivity contribution in [3.63, 3.8) is 0 Å². The number of benzene rings is 2. The molecule has 100 valence electrons. The lowest BCUT2D eigenvalue weighted by molar-refractivity contribution is 0.495. The zero-order valence-corrected chi connectivity index (χ0v) is 10.7. The highest BCUT2D eigenvalue weighted by molar-refractivity contribution is 5.48. The Bertz CT molecular complexity index is 596. The van der Waals surface area contributed by atoms with Crippen molar-refractivity contribution in [2.45, 2.75) is 19.9 Å². The molecule has 1 unspecified atom stereocenters. The van der Waals surface area contributed by atoms with E-state index >= 15 is 0 Å². The van der Waals surface area contributed by atoms with E-state index in [9.17, 15) is 13.2 Å². The number of halogens is 3. The molecule has 0 saturated carbocycles. The van der Waals surface area contributed by atoms with Gasteiger partial charge in [0, 0.05) is 18.2 Å². The van der Waals surface area contributed by atoms with Crippen molar-refractivity contribution < 1.29 is 13.2 Å². The molecule has 2 aromatic rings. The number of rotatable bonds is 3. The number of nitrogens with one attached hydrogen (secondary N) is 1. The van der Waals surface area contributed by atoms with Gasteiger partial charge in [0.1, 0.15) is 5.82 Å². The smallest absolute Gasteiger partial charge is 0.161 e. The van der Waals surface area contributed by atoms with Crippen LogP contribution in [0.2, 0.25) is 0 Å². The highest BCUT2D eigenvalue weighted by Gasteiger charge is 2.13. The Kier molecular flexibility index (Phi) is 3.79. The van der Waals surface area contributed by atoms with E-state index in [1.54, 1.807) is 0 Å². The van der Waals surface area contributed by atoms with Crippen LogP contribution in [-0.2, 0) is 0 Å². The quantitative estimate of drug-likeness (QED) is 0.801. The number of hydrogen-bond donors (Lipinski definition) is 1. The molecule has 0 bridgehead atoms. The van der Waals surface area contributed by atoms with Gasteiger partial charge < -0.3 is 5.32 Å². The van der Waals surface area contributed by atoms with Crippen LogP contribution in [0.5, 0.6) is 0 Å². The maximum atomic E-state index is 13.5. The second-order valence-electron chi connectivity index (χ2n) is 4.47. The first-order chi connectivity index (χ1) is 8.99. The molecule has 19 heavy (non-hydrogen) atoms. The van der Waals surface area contributed by atoms with Crippen molar-refractivity contribution in [1.29, 1.82) is 0 Å². The van der Waals surface area contributed by atoms with Gasteiger partial charge in [0.15, 0.2) is 11.6 Å². The third-order valence-corrected chi connectivity index (χ3v) is 3.04. The first-order valence-corrected chi connectivity index (χ1v) is 5.95. The van der Waals surface area contributed by atoms with Crippen LogP contribution in [0.25, 0.3) is 0 Å². The molecule has 1 atom stereocenters. The summed E-state index contributed by atoms with van der Waals surface area (Å²) in [5, 5.41) is 2.85. The molecule has 4 heteroatoms. The maximum Gasteiger partial charge on any atom is 0.161 e. The summed E-state index contributed by atoms with van der Waals surface area (Å²) >= 11 is 0. The number of hydrogen-bond acceptors (Lipinski definition) is 1. The molecule has 2 rings (SSSR count). The number of anilines is 1. The fourth-order valence-corrected chi connectivity index (χ4v) is 2.02. The molecular weight excluding hydrogens is 251 g/mol. The predicted molar refractivity (Wildman–Crippen MR) is 69.5 cm³/mol. The van der Waals surface area contributed by atoms with E-state index in [4.69, 9.17) is 0 Å². The van der Waals surface area contributed by atoms with Gasteiger partial charge in [0.25, 0.3) is 0 Å². The summed E-state index contributed by atoms with van der Waals surface area (Å²) in [6.45, 7) is 3.78. The summed E-state index contributed by atoms with van der Waals surface area (Å²) in [5.74, 6) is -3.06. The van der Waals surface area contributed by atoms with Crippen LogP contribution in [0.4, 0.5) is 18.9 Å². The van der Waals surface area contributed by atoms with Crippen molar-refractivity contribution in [3.8, 4) is 0 Å². The second kappa shape index (κ2) is 5.34. The Hall–Kier alpha value is -1.97. The van der Waals surface area contributed by atoms with E-state index in [0.717, 1.165) is 17.2 Å². The lowest BCUT2D eigenvalue weighted by atomic mass is 10.0. The molecule has 2 aromatic carbocycles. The van der Waals surface area contributed by atoms with E-state index in [-0.39, 0.29) is 11.7 Å². The Morgan fingerprint density at radius 3 is 2.26 bits per heavy atom. The zero-order chi connectivity index (χ0) is 14.0. The largest absolute Gasteiger partial charge is 0.376 e. The van der Waals surface area contributed by atoms with Crippen LogP contribution in [0.15, 0.2) is 36.4 Å². The highest BCUT2D eigenvalue weighted by Crippen LogP contribution is 2.25. The van der Waals surface area contributed by atoms with Crippen LogP contribution >= 0.6 is 0 Å². The van der Waals surface area contributed by atoms with Gasteiger partial charge in [-0.25, -0.2) is 13.2 Å². The van der Waals surface area contributed by atoms with Crippen molar-refractivity contribution in [1.82, 2.24) is 0 Å². The molecule has 0 spiro atoms. The normalized spacial score (nSPS) is 12.3. The molecule has 0 radical (unpaired) electrons. The average molecular weight is 265 g/mol. The number of aryl methyl sites for hydroxylation is 1. The van der Waals surface area contributed by atoms with Gasteiger partial charge >= 0.3 is 0 Å². The van der Waals surface area contributed by atoms with Gasteiger partial charge in [-0.3, -0.25) is 0 Å². The van der Waals surface area contributed by atoms with Crippen LogP contribution < -0.4 is 5.32 Å². The predicted octanol–water partition coefficient (Wildman–Crippen LogP) is 4.59. The average Bonchev–Trinajstić information content (AvgIpc) is 2.36. The summed E-state index contributed by atoms with van der Waals surface area (Å²) in [7, 11) is 0. The fourth-order valence-electron chi connectivity index (χ4n) is 2.02. The highest BCUT2D eigenvalue weighted by atomic mass is 19.2. The maximum absolute atomic E-state index is 13.5. The Labute approximate surface area is 110 Å². The van der Waals surface area contributed by atoms with Crippen LogP contribution in [-0.4, -0.2) is 0 Å². The van der Waals surface area contributed by atoms with Crippen molar-refractivity contribution in [2.24, 2.45) is 0 Å². The molecule has 0 aliphatic carbocycles. The van der Waals surface area contributed by atoms with Crippen molar-refractivity contribution in [2.75, 3.05) is 5.32 Å². The summed E-state index contributed by atoms with van der Waals surface area (Å²) in [6.07, 6.45) is 0. The molecule has 0 saturated heterocycles. The van der Waals surface area contributed by atoms with Gasteiger partial charge in [-0.05, 0) is 25.0 Å². The van der Waals surface area contributed by atoms with E-state index in [1.165, 1.54) is 0 Å². The second-order valence-corrected chi connectivity index (χ2v) is 4.47. The van der Waals surface area contributed by atoms with Crippen molar-refractivity contribution >= 4 is 5.69 Å². The molecule has 0 aromatic heterocycles. The summed E-state index contributed by atoms with van der Waals surface area (Å²) in [5.41, 5.74) is 1.98. The molecule has 0 aliphatic heterocycles. The van der Waals surface area contributed by atoms with Gasteiger partial charge in [0.05, 0.1) is 5.69 Å². The standard InChI is InChI=1S/C15H14F3N/c1-9-5-3-4-6-11(9)10(2)19-15-8-13(17)12(16)7-14(15)18/h3-8,10,19H,1-2H3. The van der Waals surface area contributed by atoms with E-state index in [1.807, 2.05) is 38.1 Å². The first kappa shape index (κ1) is 13.5. The third-order valence-electron chi connectivity index (χ3n) is 3.04. The van der Waals surface area contributed by atoms with Crippen LogP contribution in [0.3, 0.4) is 0 Å². The van der Waals surface area contributed by atoms with Gasteiger partial charge in [-0.2, -0.15) is 0 Å². The van der Waals surface area contributed by atoms with E-state index < -0.39 is 17.5 Å². The van der Waals surface area contributed by atoms with E-state index in [2.05, 4.69) is 5.32 Å². The lowest BCUT2D eigenvalue weighted by Crippen LogP contribution is -2.10. The molecule has 0 aliphatic rings. The third kappa shape index (κ3) is 2.89. The van der Waals surface area contributed by atoms with Gasteiger partial charge in [-0.15, -0.1) is 0 Å². The minimum atomic E-state index is -1.19. The Morgan fingerprint density at radius 1 is 0.947 bits per heavy atom. The topological polar surface area (TPSA) is 12.0 Å². The molecule has 0 fully saturated rings. The minimum Gasteiger partial charge on any atom is -0.376 e. The molecule has 0 heterocycles. The van der Waals surface area contributed by atoms with Gasteiger partial charge in [-0.1, -0.05) is 24.3 Å². The fraction of sp³-hybridized carbons (Fsp3) is 0.200. The molecule has 1 nitrogen and oxygen atoms in total. The summed E-state index contributed by atoms with van der Waals surface area (Å²) < 4.78 is 39.5. The monoisotopic (exact) mass is 265 g/mol. The summed E-state index contributed by atoms with van der Waals surface area (Å²) in [4.78, 5) is 0. The minimum absolute atomic E-state index is 0.0466. The SMILES string of the molecule is Cc1ccccc1C(C)Nc1cc(F)c(F)cc1F. The summed E-state index contributed by atoms with van der Waals surface area (Å²) in [6, 6.07) is 8.80. The molecule has 1 N–H and O–H groups in total. The lowest BCUT2D eigenvalue weighted by Gasteiger charge is -2.18. The molecular formula is C15H14F3N. The first-order valence-electron chi connectivity index (χ1n) is 5.95. The Morgan fingerprint density at radius 2 is 1.58 bits per heavy atom. The van der Waals surface area contributed by atoms with Gasteiger partial charge in [0.2, 0.25) is 0 Å². The zero-order valence-electron chi connectivity index (χ0n) is 10.7. The Balaban J connectivity index is 2.27.